The van der Waals surface area contributed by atoms with E-state index in [-0.39, 0.29) is 0 Å². The molecule has 0 saturated carbocycles. The maximum absolute atomic E-state index is 4.91. The van der Waals surface area contributed by atoms with Crippen molar-refractivity contribution in [3.63, 3.8) is 0 Å². The molecule has 0 fully saturated rings. The second-order valence-corrected chi connectivity index (χ2v) is 2.92. The Labute approximate surface area is 77.2 Å². The van der Waals surface area contributed by atoms with Gasteiger partial charge in [-0.05, 0) is 16.7 Å². The summed E-state index contributed by atoms with van der Waals surface area (Å²) in [4.78, 5) is 0. The average molecular weight is 172 g/mol. The van der Waals surface area contributed by atoms with E-state index >= 15 is 0 Å². The summed E-state index contributed by atoms with van der Waals surface area (Å²) in [5.41, 5.74) is 3.61. The smallest absolute Gasteiger partial charge is 0.00923 e. The Morgan fingerprint density at radius 3 is 2.58 bits per heavy atom. The van der Waals surface area contributed by atoms with Gasteiger partial charge in [-0.2, -0.15) is 0 Å². The number of hydrogen-bond donors (Lipinski definition) is 0. The van der Waals surface area contributed by atoms with Crippen LogP contribution in [0.3, 0.4) is 0 Å². The minimum absolute atomic E-state index is 1.14. The van der Waals surface area contributed by atoms with Crippen LogP contribution in [0.1, 0.15) is 5.56 Å². The van der Waals surface area contributed by atoms with Crippen LogP contribution in [0.25, 0.3) is 11.1 Å². The zero-order valence-electron chi connectivity index (χ0n) is 6.53. The Balaban J connectivity index is 2.72. The van der Waals surface area contributed by atoms with Crippen LogP contribution in [-0.2, 0) is 0 Å². The maximum atomic E-state index is 4.91. The molecule has 0 unspecified atom stereocenters. The van der Waals surface area contributed by atoms with E-state index in [1.807, 2.05) is 18.2 Å². The van der Waals surface area contributed by atoms with Gasteiger partial charge in [0.25, 0.3) is 0 Å². The predicted molar refractivity (Wildman–Crippen MR) is 55.8 cm³/mol. The van der Waals surface area contributed by atoms with Crippen LogP contribution in [0.5, 0.6) is 0 Å². The van der Waals surface area contributed by atoms with Crippen LogP contribution < -0.4 is 0 Å². The lowest BCUT2D eigenvalue weighted by Crippen LogP contribution is -1.74. The summed E-state index contributed by atoms with van der Waals surface area (Å²) in [5, 5.41) is 1.72. The average Bonchev–Trinajstić information content (AvgIpc) is 2.33. The fraction of sp³-hybridized carbons (Fsp3) is 0. The summed E-state index contributed by atoms with van der Waals surface area (Å²) in [5.74, 6) is 0. The van der Waals surface area contributed by atoms with Gasteiger partial charge in [-0.25, -0.2) is 0 Å². The monoisotopic (exact) mass is 172 g/mol. The van der Waals surface area contributed by atoms with Gasteiger partial charge in [0.1, 0.15) is 0 Å². The van der Waals surface area contributed by atoms with E-state index < -0.39 is 0 Å². The largest absolute Gasteiger partial charge is 0.0881 e. The van der Waals surface area contributed by atoms with Crippen molar-refractivity contribution in [1.29, 1.82) is 0 Å². The molecule has 0 aliphatic heterocycles. The lowest BCUT2D eigenvalue weighted by Gasteiger charge is -1.92. The van der Waals surface area contributed by atoms with Gasteiger partial charge in [0, 0.05) is 5.37 Å². The Kier molecular flexibility index (Phi) is 1.88. The van der Waals surface area contributed by atoms with E-state index in [1.54, 1.807) is 5.37 Å². The maximum Gasteiger partial charge on any atom is 0.00923 e. The Bertz CT molecular complexity index is 379. The molecule has 0 N–H and O–H groups in total. The first-order valence-corrected chi connectivity index (χ1v) is 4.32. The van der Waals surface area contributed by atoms with Gasteiger partial charge in [0.05, 0.1) is 0 Å². The third-order valence-corrected chi connectivity index (χ3v) is 2.21. The molecule has 0 nitrogen and oxygen atoms in total. The van der Waals surface area contributed by atoms with Crippen LogP contribution in [0, 0.1) is 0 Å². The fourth-order valence-electron chi connectivity index (χ4n) is 1.34. The number of hydrogen-bond acceptors (Lipinski definition) is 1. The van der Waals surface area contributed by atoms with E-state index in [1.165, 1.54) is 11.1 Å². The number of fused-ring (bicyclic) bond motifs is 1. The van der Waals surface area contributed by atoms with Crippen molar-refractivity contribution in [2.45, 2.75) is 0 Å². The first-order valence-electron chi connectivity index (χ1n) is 3.85. The van der Waals surface area contributed by atoms with Crippen molar-refractivity contribution >= 4 is 17.6 Å². The first-order chi connectivity index (χ1) is 5.92. The number of rotatable bonds is 1. The molecule has 0 saturated heterocycles. The molecule has 0 bridgehead atoms. The summed E-state index contributed by atoms with van der Waals surface area (Å²) < 4.78 is 0. The normalized spacial score (nSPS) is 10.0. The first kappa shape index (κ1) is 7.44. The summed E-state index contributed by atoms with van der Waals surface area (Å²) in [6.45, 7) is 0. The highest BCUT2D eigenvalue weighted by molar-refractivity contribution is 7.79. The van der Waals surface area contributed by atoms with Crippen molar-refractivity contribution in [3.05, 3.63) is 48.0 Å². The molecule has 0 aromatic rings. The van der Waals surface area contributed by atoms with Crippen molar-refractivity contribution in [2.75, 3.05) is 0 Å². The summed E-state index contributed by atoms with van der Waals surface area (Å²) in [7, 11) is 0. The molecule has 2 rings (SSSR count). The van der Waals surface area contributed by atoms with Gasteiger partial charge in [-0.1, -0.05) is 54.7 Å². The van der Waals surface area contributed by atoms with Crippen LogP contribution in [0.4, 0.5) is 0 Å². The molecule has 0 spiro atoms. The van der Waals surface area contributed by atoms with E-state index in [4.69, 9.17) is 12.2 Å². The minimum atomic E-state index is 1.14. The highest BCUT2D eigenvalue weighted by Gasteiger charge is 2.03. The van der Waals surface area contributed by atoms with Gasteiger partial charge in [-0.15, -0.1) is 0 Å². The topological polar surface area (TPSA) is 0 Å². The molecule has 0 amide bonds. The van der Waals surface area contributed by atoms with Gasteiger partial charge in [0.2, 0.25) is 0 Å². The van der Waals surface area contributed by atoms with Gasteiger partial charge >= 0.3 is 0 Å². The molecule has 0 aromatic heterocycles. The number of thiocarbonyl (C=S) groups is 1. The molecular weight excluding hydrogens is 164 g/mol. The van der Waals surface area contributed by atoms with Crippen molar-refractivity contribution in [1.82, 2.24) is 0 Å². The van der Waals surface area contributed by atoms with Gasteiger partial charge in [-0.3, -0.25) is 0 Å². The third-order valence-electron chi connectivity index (χ3n) is 1.95. The Morgan fingerprint density at radius 1 is 0.917 bits per heavy atom. The molecule has 0 radical (unpaired) electrons. The lowest BCUT2D eigenvalue weighted by molar-refractivity contribution is 1.82. The molecule has 58 valence electrons. The van der Waals surface area contributed by atoms with Crippen molar-refractivity contribution < 1.29 is 0 Å². The van der Waals surface area contributed by atoms with Gasteiger partial charge in [0.15, 0.2) is 0 Å². The fourth-order valence-corrected chi connectivity index (χ4v) is 1.55. The van der Waals surface area contributed by atoms with Crippen LogP contribution in [0.2, 0.25) is 0 Å². The molecule has 0 heterocycles. The molecule has 1 heteroatoms. The van der Waals surface area contributed by atoms with Crippen LogP contribution in [0.15, 0.2) is 42.5 Å². The zero-order valence-corrected chi connectivity index (χ0v) is 7.34. The van der Waals surface area contributed by atoms with Gasteiger partial charge < -0.3 is 0 Å². The summed E-state index contributed by atoms with van der Waals surface area (Å²) in [6, 6.07) is 14.4. The third kappa shape index (κ3) is 1.12. The molecular formula is C11H8S. The molecule has 0 atom stereocenters. The van der Waals surface area contributed by atoms with E-state index in [9.17, 15) is 0 Å². The molecule has 2 aliphatic rings. The molecule has 2 aliphatic carbocycles. The van der Waals surface area contributed by atoms with Crippen LogP contribution >= 0.6 is 12.2 Å². The van der Waals surface area contributed by atoms with E-state index in [0.29, 0.717) is 0 Å². The SMILES string of the molecule is S=Cc1ccc2cccccc1-2. The zero-order chi connectivity index (χ0) is 8.39. The Hall–Kier alpha value is -1.21. The van der Waals surface area contributed by atoms with Crippen molar-refractivity contribution in [3.8, 4) is 11.1 Å². The second kappa shape index (κ2) is 3.03. The summed E-state index contributed by atoms with van der Waals surface area (Å²) >= 11 is 4.91. The molecule has 12 heavy (non-hydrogen) atoms. The van der Waals surface area contributed by atoms with E-state index in [0.717, 1.165) is 5.56 Å². The van der Waals surface area contributed by atoms with E-state index in [2.05, 4.69) is 24.3 Å². The highest BCUT2D eigenvalue weighted by Crippen LogP contribution is 2.25. The lowest BCUT2D eigenvalue weighted by atomic mass is 10.1. The summed E-state index contributed by atoms with van der Waals surface area (Å²) in [6.07, 6.45) is 0. The standard InChI is InChI=1S/C11H8S/c12-8-10-7-6-9-4-2-1-3-5-11(9)10/h1-8H. The minimum Gasteiger partial charge on any atom is -0.0881 e. The second-order valence-electron chi connectivity index (χ2n) is 2.69. The highest BCUT2D eigenvalue weighted by atomic mass is 32.1. The quantitative estimate of drug-likeness (QED) is 0.595. The van der Waals surface area contributed by atoms with Crippen molar-refractivity contribution in [2.24, 2.45) is 0 Å². The predicted octanol–water partition coefficient (Wildman–Crippen LogP) is 3.14. The van der Waals surface area contributed by atoms with Crippen LogP contribution in [-0.4, -0.2) is 5.37 Å². The molecule has 0 aromatic carbocycles. The Morgan fingerprint density at radius 2 is 1.75 bits per heavy atom.